The van der Waals surface area contributed by atoms with Crippen LogP contribution in [0.2, 0.25) is 0 Å². The molecular weight excluding hydrogens is 144 g/mol. The molecule has 0 nitrogen and oxygen atoms in total. The van der Waals surface area contributed by atoms with Gasteiger partial charge >= 0.3 is 0 Å². The van der Waals surface area contributed by atoms with Gasteiger partial charge in [0.2, 0.25) is 0 Å². The fraction of sp³-hybridized carbons (Fsp3) is 0.500. The summed E-state index contributed by atoms with van der Waals surface area (Å²) in [4.78, 5) is 0. The van der Waals surface area contributed by atoms with Gasteiger partial charge in [-0.05, 0) is 20.3 Å². The molecule has 0 aromatic rings. The van der Waals surface area contributed by atoms with Gasteiger partial charge in [-0.25, -0.2) is 0 Å². The molecule has 0 atom stereocenters. The van der Waals surface area contributed by atoms with E-state index in [0.29, 0.717) is 0 Å². The molecule has 0 saturated heterocycles. The van der Waals surface area contributed by atoms with E-state index in [2.05, 4.69) is 20.1 Å². The Morgan fingerprint density at radius 2 is 1.67 bits per heavy atom. The van der Waals surface area contributed by atoms with E-state index in [9.17, 15) is 0 Å². The largest absolute Gasteiger partial charge is 0.100 e. The van der Waals surface area contributed by atoms with E-state index in [1.807, 2.05) is 39.8 Å². The lowest BCUT2D eigenvalue weighted by atomic mass is 10.3. The molecule has 0 unspecified atom stereocenters. The molecule has 0 heterocycles. The molecule has 0 aliphatic carbocycles. The van der Waals surface area contributed by atoms with Crippen LogP contribution in [0.1, 0.15) is 41.0 Å². The Hall–Kier alpha value is -0.780. The molecule has 0 radical (unpaired) electrons. The third kappa shape index (κ3) is 60.1. The van der Waals surface area contributed by atoms with Gasteiger partial charge in [0.25, 0.3) is 0 Å². The van der Waals surface area contributed by atoms with Crippen LogP contribution in [0.15, 0.2) is 37.0 Å². The Balaban J connectivity index is -0.000000112. The van der Waals surface area contributed by atoms with Crippen molar-refractivity contribution < 1.29 is 0 Å². The van der Waals surface area contributed by atoms with E-state index in [1.165, 1.54) is 5.57 Å². The molecule has 0 amide bonds. The van der Waals surface area contributed by atoms with Gasteiger partial charge in [0.1, 0.15) is 0 Å². The van der Waals surface area contributed by atoms with Gasteiger partial charge in [0.15, 0.2) is 0 Å². The molecule has 12 heavy (non-hydrogen) atoms. The van der Waals surface area contributed by atoms with Crippen molar-refractivity contribution in [2.75, 3.05) is 0 Å². The van der Waals surface area contributed by atoms with Crippen molar-refractivity contribution in [2.45, 2.75) is 41.0 Å². The van der Waals surface area contributed by atoms with Gasteiger partial charge in [-0.15, -0.1) is 6.58 Å². The van der Waals surface area contributed by atoms with E-state index >= 15 is 0 Å². The Morgan fingerprint density at radius 1 is 1.33 bits per heavy atom. The lowest BCUT2D eigenvalue weighted by molar-refractivity contribution is 1.11. The van der Waals surface area contributed by atoms with E-state index < -0.39 is 0 Å². The van der Waals surface area contributed by atoms with Gasteiger partial charge in [-0.3, -0.25) is 0 Å². The van der Waals surface area contributed by atoms with Crippen molar-refractivity contribution in [3.8, 4) is 0 Å². The first-order valence-electron chi connectivity index (χ1n) is 4.57. The summed E-state index contributed by atoms with van der Waals surface area (Å²) in [5.41, 5.74) is 1.25. The van der Waals surface area contributed by atoms with Gasteiger partial charge in [0.05, 0.1) is 0 Å². The highest BCUT2D eigenvalue weighted by Crippen LogP contribution is 1.88. The average Bonchev–Trinajstić information content (AvgIpc) is 2.10. The molecule has 72 valence electrons. The van der Waals surface area contributed by atoms with Crippen molar-refractivity contribution in [2.24, 2.45) is 0 Å². The molecule has 0 aromatic carbocycles. The van der Waals surface area contributed by atoms with Crippen LogP contribution < -0.4 is 0 Å². The van der Waals surface area contributed by atoms with Crippen LogP contribution in [0.25, 0.3) is 0 Å². The Morgan fingerprint density at radius 3 is 1.67 bits per heavy atom. The highest BCUT2D eigenvalue weighted by Gasteiger charge is 1.67. The fourth-order valence-electron chi connectivity index (χ4n) is 0.136. The molecule has 0 aliphatic heterocycles. The predicted molar refractivity (Wildman–Crippen MR) is 61.5 cm³/mol. The van der Waals surface area contributed by atoms with Gasteiger partial charge in [-0.2, -0.15) is 0 Å². The summed E-state index contributed by atoms with van der Waals surface area (Å²) >= 11 is 0. The molecule has 0 bridgehead atoms. The predicted octanol–water partition coefficient (Wildman–Crippen LogP) is 4.75. The summed E-state index contributed by atoms with van der Waals surface area (Å²) in [6.45, 7) is 17.2. The first-order chi connectivity index (χ1) is 5.68. The third-order valence-corrected chi connectivity index (χ3v) is 0.932. The molecule has 0 spiro atoms. The van der Waals surface area contributed by atoms with Crippen molar-refractivity contribution in [1.82, 2.24) is 0 Å². The normalized spacial score (nSPS) is 7.42. The zero-order valence-electron chi connectivity index (χ0n) is 9.35. The van der Waals surface area contributed by atoms with Gasteiger partial charge < -0.3 is 0 Å². The zero-order chi connectivity index (χ0) is 10.4. The summed E-state index contributed by atoms with van der Waals surface area (Å²) in [5.74, 6) is 0. The summed E-state index contributed by atoms with van der Waals surface area (Å²) < 4.78 is 0. The van der Waals surface area contributed by atoms with Crippen LogP contribution in [0.4, 0.5) is 0 Å². The van der Waals surface area contributed by atoms with Crippen molar-refractivity contribution >= 4 is 0 Å². The number of allylic oxidation sites excluding steroid dienone is 4. The van der Waals surface area contributed by atoms with E-state index in [0.717, 1.165) is 6.42 Å². The Bertz CT molecular complexity index is 107. The number of hydrogen-bond donors (Lipinski definition) is 0. The maximum atomic E-state index is 3.67. The van der Waals surface area contributed by atoms with Crippen LogP contribution in [-0.4, -0.2) is 0 Å². The van der Waals surface area contributed by atoms with Crippen LogP contribution >= 0.6 is 0 Å². The van der Waals surface area contributed by atoms with Gasteiger partial charge in [0, 0.05) is 0 Å². The monoisotopic (exact) mass is 168 g/mol. The van der Waals surface area contributed by atoms with Crippen LogP contribution in [0.5, 0.6) is 0 Å². The van der Waals surface area contributed by atoms with Crippen LogP contribution in [-0.2, 0) is 0 Å². The zero-order valence-corrected chi connectivity index (χ0v) is 9.35. The summed E-state index contributed by atoms with van der Waals surface area (Å²) in [6, 6.07) is 0. The second kappa shape index (κ2) is 22.5. The topological polar surface area (TPSA) is 0 Å². The summed E-state index contributed by atoms with van der Waals surface area (Å²) in [7, 11) is 0. The smallest absolute Gasteiger partial charge is 0.0354 e. The lowest BCUT2D eigenvalue weighted by Crippen LogP contribution is -1.58. The quantitative estimate of drug-likeness (QED) is 0.412. The van der Waals surface area contributed by atoms with Crippen LogP contribution in [0.3, 0.4) is 0 Å². The minimum atomic E-state index is 1.11. The lowest BCUT2D eigenvalue weighted by Gasteiger charge is -1.79. The van der Waals surface area contributed by atoms with E-state index in [4.69, 9.17) is 0 Å². The first kappa shape index (κ1) is 17.3. The second-order valence-corrected chi connectivity index (χ2v) is 2.07. The highest BCUT2D eigenvalue weighted by atomic mass is 13.7. The van der Waals surface area contributed by atoms with Crippen molar-refractivity contribution in [1.29, 1.82) is 0 Å². The van der Waals surface area contributed by atoms with E-state index in [-0.39, 0.29) is 0 Å². The molecule has 0 rings (SSSR count). The first-order valence-corrected chi connectivity index (χ1v) is 4.57. The Labute approximate surface area is 78.7 Å². The molecule has 0 N–H and O–H groups in total. The third-order valence-electron chi connectivity index (χ3n) is 0.932. The standard InChI is InChI=1S/C5H10.C5H8.C2H6/c1-4-5(2)3;1-3-5-4-2;1-2/h2,4H2,1,3H3;3-5H,1H2,2H3;1-2H3/b;5-4-;. The van der Waals surface area contributed by atoms with Crippen LogP contribution in [0, 0.1) is 0 Å². The molecular formula is C12H24. The average molecular weight is 168 g/mol. The minimum absolute atomic E-state index is 1.11. The minimum Gasteiger partial charge on any atom is -0.100 e. The maximum absolute atomic E-state index is 3.67. The molecule has 0 aliphatic rings. The van der Waals surface area contributed by atoms with E-state index in [1.54, 1.807) is 6.08 Å². The molecule has 0 aromatic heterocycles. The SMILES string of the molecule is C=C(C)CC.C=C/C=C\C.CC. The molecule has 0 fully saturated rings. The Kier molecular flexibility index (Phi) is 32.5. The molecule has 0 saturated carbocycles. The number of hydrogen-bond acceptors (Lipinski definition) is 0. The maximum Gasteiger partial charge on any atom is -0.0354 e. The second-order valence-electron chi connectivity index (χ2n) is 2.07. The van der Waals surface area contributed by atoms with Crippen molar-refractivity contribution in [3.05, 3.63) is 37.0 Å². The molecule has 0 heteroatoms. The fourth-order valence-corrected chi connectivity index (χ4v) is 0.136. The summed E-state index contributed by atoms with van der Waals surface area (Å²) in [5, 5.41) is 0. The number of rotatable bonds is 2. The summed E-state index contributed by atoms with van der Waals surface area (Å²) in [6.07, 6.45) is 6.69. The van der Waals surface area contributed by atoms with Gasteiger partial charge in [-0.1, -0.05) is 51.2 Å². The highest BCUT2D eigenvalue weighted by molar-refractivity contribution is 4.94. The van der Waals surface area contributed by atoms with Crippen molar-refractivity contribution in [3.63, 3.8) is 0 Å².